The first-order valence-electron chi connectivity index (χ1n) is 1.87. The first-order valence-corrected chi connectivity index (χ1v) is 2.30. The lowest BCUT2D eigenvalue weighted by atomic mass is 10.4. The average molecular weight is 109 g/mol. The van der Waals surface area contributed by atoms with Crippen LogP contribution in [0.4, 0.5) is 0 Å². The van der Waals surface area contributed by atoms with Crippen molar-refractivity contribution in [3.8, 4) is 0 Å². The van der Waals surface area contributed by atoms with Gasteiger partial charge in [-0.1, -0.05) is 0 Å². The van der Waals surface area contributed by atoms with Gasteiger partial charge in [0.25, 0.3) is 0 Å². The van der Waals surface area contributed by atoms with E-state index in [0.717, 1.165) is 0 Å². The first kappa shape index (κ1) is 6.21. The lowest BCUT2D eigenvalue weighted by Gasteiger charge is -1.94. The topological polar surface area (TPSA) is 52.0 Å². The van der Waals surface area contributed by atoms with E-state index >= 15 is 0 Å². The molecule has 0 aliphatic rings. The normalized spacial score (nSPS) is 14.5. The predicted molar refractivity (Wildman–Crippen MR) is 27.5 cm³/mol. The highest BCUT2D eigenvalue weighted by Crippen LogP contribution is 1.87. The van der Waals surface area contributed by atoms with Crippen LogP contribution in [0.5, 0.6) is 0 Å². The van der Waals surface area contributed by atoms with Gasteiger partial charge in [0.15, 0.2) is 0 Å². The van der Waals surface area contributed by atoms with Crippen LogP contribution in [0.25, 0.3) is 0 Å². The summed E-state index contributed by atoms with van der Waals surface area (Å²) in [5, 5.41) is 0. The van der Waals surface area contributed by atoms with Crippen LogP contribution in [0.1, 0.15) is 6.42 Å². The second kappa shape index (κ2) is 3.40. The molecule has 1 atom stereocenters. The van der Waals surface area contributed by atoms with Crippen LogP contribution in [0.2, 0.25) is 0 Å². The van der Waals surface area contributed by atoms with Crippen LogP contribution >= 0.6 is 11.6 Å². The highest BCUT2D eigenvalue weighted by Gasteiger charge is 1.88. The van der Waals surface area contributed by atoms with Gasteiger partial charge in [0.2, 0.25) is 0 Å². The first-order chi connectivity index (χ1) is 2.77. The van der Waals surface area contributed by atoms with Crippen LogP contribution in [-0.4, -0.2) is 12.0 Å². The van der Waals surface area contributed by atoms with Gasteiger partial charge in [-0.2, -0.15) is 0 Å². The third-order valence-corrected chi connectivity index (χ3v) is 0.661. The molecule has 0 aliphatic carbocycles. The minimum Gasteiger partial charge on any atom is -0.330 e. The molecule has 0 saturated heterocycles. The molecule has 2 nitrogen and oxygen atoms in total. The Kier molecular flexibility index (Phi) is 3.52. The molecule has 0 aromatic rings. The van der Waals surface area contributed by atoms with Crippen molar-refractivity contribution in [2.45, 2.75) is 11.9 Å². The van der Waals surface area contributed by atoms with Gasteiger partial charge in [-0.05, 0) is 13.0 Å². The van der Waals surface area contributed by atoms with Crippen LogP contribution < -0.4 is 11.5 Å². The zero-order valence-electron chi connectivity index (χ0n) is 3.52. The molecule has 0 unspecified atom stereocenters. The molecule has 0 aromatic heterocycles. The summed E-state index contributed by atoms with van der Waals surface area (Å²) < 4.78 is 0. The van der Waals surface area contributed by atoms with Crippen molar-refractivity contribution in [3.63, 3.8) is 0 Å². The average Bonchev–Trinajstić information content (AvgIpc) is 1.35. The highest BCUT2D eigenvalue weighted by atomic mass is 35.5. The van der Waals surface area contributed by atoms with E-state index in [0.29, 0.717) is 13.0 Å². The largest absolute Gasteiger partial charge is 0.330 e. The van der Waals surface area contributed by atoms with E-state index in [2.05, 4.69) is 0 Å². The molecule has 0 aromatic carbocycles. The third kappa shape index (κ3) is 4.21. The molecule has 0 radical (unpaired) electrons. The summed E-state index contributed by atoms with van der Waals surface area (Å²) >= 11 is 5.28. The Hall–Kier alpha value is 0.210. The molecule has 0 heterocycles. The SMILES string of the molecule is NCC[C@@H](N)Cl. The quantitative estimate of drug-likeness (QED) is 0.382. The lowest BCUT2D eigenvalue weighted by Crippen LogP contribution is -2.16. The second-order valence-corrected chi connectivity index (χ2v) is 1.65. The Bertz CT molecular complexity index is 30.0. The van der Waals surface area contributed by atoms with Crippen LogP contribution in [0.3, 0.4) is 0 Å². The monoisotopic (exact) mass is 108 g/mol. The van der Waals surface area contributed by atoms with Gasteiger partial charge in [0, 0.05) is 0 Å². The maximum atomic E-state index is 5.28. The van der Waals surface area contributed by atoms with E-state index in [1.807, 2.05) is 0 Å². The van der Waals surface area contributed by atoms with E-state index in [9.17, 15) is 0 Å². The highest BCUT2D eigenvalue weighted by molar-refractivity contribution is 6.20. The predicted octanol–water partition coefficient (Wildman–Crippen LogP) is -0.141. The molecule has 6 heavy (non-hydrogen) atoms. The van der Waals surface area contributed by atoms with Gasteiger partial charge in [-0.25, -0.2) is 0 Å². The standard InChI is InChI=1S/C3H9ClN2/c4-3(6)1-2-5/h3H,1-2,5-6H2/t3-/m1/s1. The number of hydrogen-bond donors (Lipinski definition) is 2. The molecule has 0 amide bonds. The van der Waals surface area contributed by atoms with E-state index in [1.54, 1.807) is 0 Å². The Morgan fingerprint density at radius 2 is 2.17 bits per heavy atom. The molecule has 38 valence electrons. The van der Waals surface area contributed by atoms with E-state index in [4.69, 9.17) is 23.1 Å². The summed E-state index contributed by atoms with van der Waals surface area (Å²) in [5.74, 6) is 0. The van der Waals surface area contributed by atoms with Gasteiger partial charge >= 0.3 is 0 Å². The maximum Gasteiger partial charge on any atom is 0.0812 e. The van der Waals surface area contributed by atoms with Crippen molar-refractivity contribution in [1.29, 1.82) is 0 Å². The second-order valence-electron chi connectivity index (χ2n) is 1.09. The maximum absolute atomic E-state index is 5.28. The van der Waals surface area contributed by atoms with Crippen molar-refractivity contribution in [2.75, 3.05) is 6.54 Å². The van der Waals surface area contributed by atoms with E-state index in [-0.39, 0.29) is 5.50 Å². The van der Waals surface area contributed by atoms with Gasteiger partial charge < -0.3 is 11.5 Å². The van der Waals surface area contributed by atoms with Crippen molar-refractivity contribution < 1.29 is 0 Å². The van der Waals surface area contributed by atoms with Crippen LogP contribution in [0.15, 0.2) is 0 Å². The van der Waals surface area contributed by atoms with Crippen LogP contribution in [-0.2, 0) is 0 Å². The molecular formula is C3H9ClN2. The van der Waals surface area contributed by atoms with Crippen molar-refractivity contribution >= 4 is 11.6 Å². The Balaban J connectivity index is 2.63. The zero-order valence-corrected chi connectivity index (χ0v) is 4.28. The zero-order chi connectivity index (χ0) is 4.99. The molecule has 0 saturated carbocycles. The minimum atomic E-state index is -0.255. The summed E-state index contributed by atoms with van der Waals surface area (Å²) in [6.45, 7) is 0.574. The fraction of sp³-hybridized carbons (Fsp3) is 1.00. The molecule has 4 N–H and O–H groups in total. The Morgan fingerprint density at radius 3 is 2.17 bits per heavy atom. The molecule has 3 heteroatoms. The summed E-state index contributed by atoms with van der Waals surface area (Å²) in [6, 6.07) is 0. The molecular weight excluding hydrogens is 99.5 g/mol. The van der Waals surface area contributed by atoms with E-state index in [1.165, 1.54) is 0 Å². The van der Waals surface area contributed by atoms with Gasteiger partial charge in [0.1, 0.15) is 0 Å². The summed E-state index contributed by atoms with van der Waals surface area (Å²) in [7, 11) is 0. The fourth-order valence-corrected chi connectivity index (χ4v) is 0.285. The minimum absolute atomic E-state index is 0.255. The van der Waals surface area contributed by atoms with Gasteiger partial charge in [-0.3, -0.25) is 0 Å². The van der Waals surface area contributed by atoms with Crippen molar-refractivity contribution in [3.05, 3.63) is 0 Å². The smallest absolute Gasteiger partial charge is 0.0812 e. The molecule has 0 aliphatic heterocycles. The Labute approximate surface area is 42.5 Å². The van der Waals surface area contributed by atoms with Gasteiger partial charge in [0.05, 0.1) is 5.50 Å². The van der Waals surface area contributed by atoms with Crippen molar-refractivity contribution in [2.24, 2.45) is 11.5 Å². The lowest BCUT2D eigenvalue weighted by molar-refractivity contribution is 0.789. The summed E-state index contributed by atoms with van der Waals surface area (Å²) in [5.41, 5.74) is 9.90. The number of alkyl halides is 1. The van der Waals surface area contributed by atoms with Crippen LogP contribution in [0, 0.1) is 0 Å². The van der Waals surface area contributed by atoms with Crippen molar-refractivity contribution in [1.82, 2.24) is 0 Å². The number of nitrogens with two attached hydrogens (primary N) is 2. The summed E-state index contributed by atoms with van der Waals surface area (Å²) in [6.07, 6.45) is 0.696. The van der Waals surface area contributed by atoms with Gasteiger partial charge in [-0.15, -0.1) is 11.6 Å². The number of hydrogen-bond acceptors (Lipinski definition) is 2. The summed E-state index contributed by atoms with van der Waals surface area (Å²) in [4.78, 5) is 0. The molecule has 0 fully saturated rings. The molecule has 0 bridgehead atoms. The Morgan fingerprint density at radius 1 is 1.67 bits per heavy atom. The fourth-order valence-electron chi connectivity index (χ4n) is 0.159. The van der Waals surface area contributed by atoms with E-state index < -0.39 is 0 Å². The molecule has 0 rings (SSSR count). The third-order valence-electron chi connectivity index (χ3n) is 0.442. The molecule has 0 spiro atoms. The number of halogens is 1. The number of rotatable bonds is 2.